The molecule has 1 saturated heterocycles. The highest BCUT2D eigenvalue weighted by atomic mass is 16.6. The number of epoxide rings is 1. The molecule has 2 aliphatic rings. The van der Waals surface area contributed by atoms with Crippen LogP contribution in [0.15, 0.2) is 24.3 Å². The maximum atomic E-state index is 5.44. The van der Waals surface area contributed by atoms with E-state index < -0.39 is 0 Å². The van der Waals surface area contributed by atoms with E-state index in [1.165, 1.54) is 11.3 Å². The molecule has 0 bridgehead atoms. The van der Waals surface area contributed by atoms with Gasteiger partial charge < -0.3 is 10.1 Å². The van der Waals surface area contributed by atoms with Gasteiger partial charge in [0, 0.05) is 17.8 Å². The fourth-order valence-electron chi connectivity index (χ4n) is 1.69. The summed E-state index contributed by atoms with van der Waals surface area (Å²) in [6.45, 7) is 0.974. The van der Waals surface area contributed by atoms with Crippen LogP contribution >= 0.6 is 0 Å². The lowest BCUT2D eigenvalue weighted by molar-refractivity contribution is 0.383. The molecule has 0 radical (unpaired) electrons. The molecule has 2 unspecified atom stereocenters. The summed E-state index contributed by atoms with van der Waals surface area (Å²) in [5, 5.41) is 3.33. The number of fused-ring (bicyclic) bond motifs is 3. The van der Waals surface area contributed by atoms with Crippen LogP contribution in [0.3, 0.4) is 0 Å². The quantitative estimate of drug-likeness (QED) is 0.563. The van der Waals surface area contributed by atoms with Crippen LogP contribution in [0, 0.1) is 0 Å². The second-order valence-corrected chi connectivity index (χ2v) is 3.06. The van der Waals surface area contributed by atoms with Crippen molar-refractivity contribution in [2.75, 3.05) is 11.9 Å². The van der Waals surface area contributed by atoms with Gasteiger partial charge in [-0.25, -0.2) is 0 Å². The van der Waals surface area contributed by atoms with Crippen molar-refractivity contribution in [2.24, 2.45) is 0 Å². The largest absolute Gasteiger partial charge is 0.382 e. The molecule has 2 heterocycles. The molecule has 56 valence electrons. The molecular weight excluding hydrogens is 138 g/mol. The monoisotopic (exact) mass is 147 g/mol. The molecule has 0 aromatic heterocycles. The first-order valence-electron chi connectivity index (χ1n) is 3.93. The Morgan fingerprint density at radius 1 is 1.36 bits per heavy atom. The van der Waals surface area contributed by atoms with Crippen LogP contribution in [-0.4, -0.2) is 12.6 Å². The normalized spacial score (nSPS) is 31.6. The van der Waals surface area contributed by atoms with E-state index in [-0.39, 0.29) is 0 Å². The van der Waals surface area contributed by atoms with E-state index in [9.17, 15) is 0 Å². The Kier molecular flexibility index (Phi) is 0.902. The highest BCUT2D eigenvalue weighted by Gasteiger charge is 2.43. The Balaban J connectivity index is 2.14. The number of rotatable bonds is 0. The van der Waals surface area contributed by atoms with Crippen molar-refractivity contribution in [3.05, 3.63) is 29.8 Å². The number of nitrogens with one attached hydrogen (secondary N) is 1. The van der Waals surface area contributed by atoms with Gasteiger partial charge >= 0.3 is 0 Å². The van der Waals surface area contributed by atoms with Crippen LogP contribution in [0.25, 0.3) is 0 Å². The number of hydrogen-bond acceptors (Lipinski definition) is 2. The van der Waals surface area contributed by atoms with E-state index in [1.54, 1.807) is 0 Å². The van der Waals surface area contributed by atoms with Gasteiger partial charge in [-0.3, -0.25) is 0 Å². The molecule has 1 aromatic rings. The molecule has 2 nitrogen and oxygen atoms in total. The molecule has 0 aliphatic carbocycles. The van der Waals surface area contributed by atoms with Crippen LogP contribution in [0.5, 0.6) is 0 Å². The minimum absolute atomic E-state index is 0.396. The molecule has 1 N–H and O–H groups in total. The summed E-state index contributed by atoms with van der Waals surface area (Å²) in [6, 6.07) is 8.35. The first-order valence-corrected chi connectivity index (χ1v) is 3.93. The van der Waals surface area contributed by atoms with Crippen molar-refractivity contribution in [3.8, 4) is 0 Å². The van der Waals surface area contributed by atoms with Gasteiger partial charge in [0.25, 0.3) is 0 Å². The van der Waals surface area contributed by atoms with Gasteiger partial charge in [0.2, 0.25) is 0 Å². The number of para-hydroxylation sites is 1. The standard InChI is InChI=1S/C9H9NO/c1-2-4-7-6(3-1)9-8(11-9)5-10-7/h1-4,8-10H,5H2. The van der Waals surface area contributed by atoms with E-state index in [1.807, 2.05) is 0 Å². The average molecular weight is 147 g/mol. The van der Waals surface area contributed by atoms with Crippen molar-refractivity contribution >= 4 is 5.69 Å². The van der Waals surface area contributed by atoms with Crippen LogP contribution in [-0.2, 0) is 4.74 Å². The van der Waals surface area contributed by atoms with E-state index >= 15 is 0 Å². The van der Waals surface area contributed by atoms with Gasteiger partial charge in [-0.2, -0.15) is 0 Å². The van der Waals surface area contributed by atoms with Gasteiger partial charge in [0.05, 0.1) is 0 Å². The molecular formula is C9H9NO. The average Bonchev–Trinajstić information content (AvgIpc) is 2.83. The number of ether oxygens (including phenoxy) is 1. The summed E-state index contributed by atoms with van der Waals surface area (Å²) >= 11 is 0. The topological polar surface area (TPSA) is 24.6 Å². The van der Waals surface area contributed by atoms with Gasteiger partial charge in [-0.1, -0.05) is 18.2 Å². The third kappa shape index (κ3) is 0.701. The summed E-state index contributed by atoms with van der Waals surface area (Å²) in [5.41, 5.74) is 2.56. The van der Waals surface area contributed by atoms with Crippen LogP contribution in [0.4, 0.5) is 5.69 Å². The SMILES string of the molecule is c1ccc2c(c1)NCC1OC21. The third-order valence-electron chi connectivity index (χ3n) is 2.34. The molecule has 2 atom stereocenters. The molecule has 0 spiro atoms. The second-order valence-electron chi connectivity index (χ2n) is 3.06. The molecule has 2 aliphatic heterocycles. The number of benzene rings is 1. The predicted molar refractivity (Wildman–Crippen MR) is 42.5 cm³/mol. The Morgan fingerprint density at radius 3 is 3.27 bits per heavy atom. The summed E-state index contributed by atoms with van der Waals surface area (Å²) in [7, 11) is 0. The zero-order valence-electron chi connectivity index (χ0n) is 6.08. The van der Waals surface area contributed by atoms with Gasteiger partial charge in [-0.15, -0.1) is 0 Å². The Hall–Kier alpha value is -1.02. The smallest absolute Gasteiger partial charge is 0.113 e. The summed E-state index contributed by atoms with van der Waals surface area (Å²) in [4.78, 5) is 0. The molecule has 0 amide bonds. The fourth-order valence-corrected chi connectivity index (χ4v) is 1.69. The van der Waals surface area contributed by atoms with Crippen molar-refractivity contribution < 1.29 is 4.74 Å². The van der Waals surface area contributed by atoms with Crippen molar-refractivity contribution in [3.63, 3.8) is 0 Å². The van der Waals surface area contributed by atoms with Gasteiger partial charge in [0.1, 0.15) is 12.2 Å². The van der Waals surface area contributed by atoms with Crippen molar-refractivity contribution in [2.45, 2.75) is 12.2 Å². The maximum Gasteiger partial charge on any atom is 0.113 e. The molecule has 0 saturated carbocycles. The highest BCUT2D eigenvalue weighted by molar-refractivity contribution is 5.56. The maximum absolute atomic E-state index is 5.44. The lowest BCUT2D eigenvalue weighted by Gasteiger charge is -2.12. The Morgan fingerprint density at radius 2 is 2.27 bits per heavy atom. The first kappa shape index (κ1) is 5.61. The minimum atomic E-state index is 0.396. The number of hydrogen-bond donors (Lipinski definition) is 1. The van der Waals surface area contributed by atoms with Gasteiger partial charge in [0.15, 0.2) is 0 Å². The summed E-state index contributed by atoms with van der Waals surface area (Å²) < 4.78 is 5.44. The molecule has 2 heteroatoms. The minimum Gasteiger partial charge on any atom is -0.382 e. The van der Waals surface area contributed by atoms with E-state index in [0.717, 1.165) is 6.54 Å². The first-order chi connectivity index (χ1) is 5.45. The summed E-state index contributed by atoms with van der Waals surface area (Å²) in [5.74, 6) is 0. The molecule has 3 rings (SSSR count). The zero-order valence-corrected chi connectivity index (χ0v) is 6.08. The summed E-state index contributed by atoms with van der Waals surface area (Å²) in [6.07, 6.45) is 0.845. The second kappa shape index (κ2) is 1.77. The highest BCUT2D eigenvalue weighted by Crippen LogP contribution is 2.45. The van der Waals surface area contributed by atoms with E-state index in [2.05, 4.69) is 29.6 Å². The Labute approximate surface area is 65.2 Å². The third-order valence-corrected chi connectivity index (χ3v) is 2.34. The van der Waals surface area contributed by atoms with Crippen molar-refractivity contribution in [1.29, 1.82) is 0 Å². The van der Waals surface area contributed by atoms with Crippen LogP contribution in [0.1, 0.15) is 11.7 Å². The van der Waals surface area contributed by atoms with E-state index in [4.69, 9.17) is 4.74 Å². The molecule has 11 heavy (non-hydrogen) atoms. The lowest BCUT2D eigenvalue weighted by Crippen LogP contribution is -2.14. The van der Waals surface area contributed by atoms with Gasteiger partial charge in [-0.05, 0) is 6.07 Å². The van der Waals surface area contributed by atoms with Crippen molar-refractivity contribution in [1.82, 2.24) is 0 Å². The fraction of sp³-hybridized carbons (Fsp3) is 0.333. The predicted octanol–water partition coefficient (Wildman–Crippen LogP) is 1.55. The van der Waals surface area contributed by atoms with Crippen LogP contribution < -0.4 is 5.32 Å². The zero-order chi connectivity index (χ0) is 7.26. The molecule has 1 fully saturated rings. The Bertz CT molecular complexity index is 297. The lowest BCUT2D eigenvalue weighted by atomic mass is 10.0. The van der Waals surface area contributed by atoms with Crippen LogP contribution in [0.2, 0.25) is 0 Å². The molecule has 1 aromatic carbocycles. The van der Waals surface area contributed by atoms with E-state index in [0.29, 0.717) is 12.2 Å². The number of anilines is 1.